The van der Waals surface area contributed by atoms with E-state index in [0.717, 1.165) is 74.9 Å². The molecule has 4 atom stereocenters. The van der Waals surface area contributed by atoms with Gasteiger partial charge in [0.1, 0.15) is 5.82 Å². The van der Waals surface area contributed by atoms with Crippen molar-refractivity contribution in [3.63, 3.8) is 0 Å². The number of carbonyl (C=O) groups excluding carboxylic acids is 2. The zero-order valence-corrected chi connectivity index (χ0v) is 26.6. The number of likely N-dealkylation sites (tertiary alicyclic amines) is 2. The molecule has 6 rings (SSSR count). The zero-order valence-electron chi connectivity index (χ0n) is 26.6. The highest BCUT2D eigenvalue weighted by Gasteiger charge is 2.37. The molecule has 1 amide bonds. The maximum Gasteiger partial charge on any atom is 0.225 e. The molecule has 2 saturated heterocycles. The Kier molecular flexibility index (Phi) is 8.93. The SMILES string of the molecule is Cc1cncc2c1c(C[C@@H]1CCN(CC3CCN(C(=O)C(C)C)CC3)C1)cn2-c1ccc(F)cc1C(=O)C1C[C@H](O)C[C@H]1C. The van der Waals surface area contributed by atoms with Crippen molar-refractivity contribution >= 4 is 22.6 Å². The smallest absolute Gasteiger partial charge is 0.225 e. The first-order chi connectivity index (χ1) is 21.1. The average Bonchev–Trinajstić information content (AvgIpc) is 3.69. The summed E-state index contributed by atoms with van der Waals surface area (Å²) in [7, 11) is 0. The summed E-state index contributed by atoms with van der Waals surface area (Å²) in [6.45, 7) is 13.0. The van der Waals surface area contributed by atoms with Crippen LogP contribution in [0.15, 0.2) is 36.8 Å². The van der Waals surface area contributed by atoms with Crippen molar-refractivity contribution in [3.8, 4) is 5.69 Å². The van der Waals surface area contributed by atoms with Crippen molar-refractivity contribution < 1.29 is 19.1 Å². The van der Waals surface area contributed by atoms with Crippen LogP contribution < -0.4 is 0 Å². The Bertz CT molecular complexity index is 1530. The van der Waals surface area contributed by atoms with E-state index in [4.69, 9.17) is 0 Å². The van der Waals surface area contributed by atoms with Gasteiger partial charge in [0.2, 0.25) is 5.91 Å². The molecule has 3 fully saturated rings. The highest BCUT2D eigenvalue weighted by Crippen LogP contribution is 2.37. The molecule has 44 heavy (non-hydrogen) atoms. The zero-order chi connectivity index (χ0) is 31.1. The predicted molar refractivity (Wildman–Crippen MR) is 170 cm³/mol. The number of aromatic nitrogens is 2. The molecule has 236 valence electrons. The fourth-order valence-electron chi connectivity index (χ4n) is 8.11. The number of amides is 1. The lowest BCUT2D eigenvalue weighted by Crippen LogP contribution is -2.42. The molecule has 0 spiro atoms. The minimum absolute atomic E-state index is 0.0508. The van der Waals surface area contributed by atoms with Gasteiger partial charge in [-0.25, -0.2) is 4.39 Å². The van der Waals surface area contributed by atoms with Crippen molar-refractivity contribution in [2.24, 2.45) is 29.6 Å². The number of hydrogen-bond donors (Lipinski definition) is 1. The van der Waals surface area contributed by atoms with Crippen LogP contribution in [0.5, 0.6) is 0 Å². The second-order valence-corrected chi connectivity index (χ2v) is 14.2. The molecule has 7 nitrogen and oxygen atoms in total. The molecule has 1 aliphatic carbocycles. The number of halogens is 1. The molecule has 1 unspecified atom stereocenters. The van der Waals surface area contributed by atoms with Crippen LogP contribution in [-0.2, 0) is 11.2 Å². The van der Waals surface area contributed by atoms with E-state index in [9.17, 15) is 19.1 Å². The number of carbonyl (C=O) groups is 2. The molecular weight excluding hydrogens is 555 g/mol. The minimum Gasteiger partial charge on any atom is -0.393 e. The third-order valence-electron chi connectivity index (χ3n) is 10.5. The van der Waals surface area contributed by atoms with Crippen LogP contribution in [0.3, 0.4) is 0 Å². The van der Waals surface area contributed by atoms with E-state index in [2.05, 4.69) is 23.0 Å². The number of Topliss-reactive ketones (excluding diaryl/α,β-unsaturated/α-hetero) is 1. The van der Waals surface area contributed by atoms with Crippen molar-refractivity contribution in [2.45, 2.75) is 72.3 Å². The molecule has 3 aromatic rings. The van der Waals surface area contributed by atoms with E-state index in [1.165, 1.54) is 17.7 Å². The fourth-order valence-corrected chi connectivity index (χ4v) is 8.11. The van der Waals surface area contributed by atoms with Crippen molar-refractivity contribution in [1.82, 2.24) is 19.4 Å². The van der Waals surface area contributed by atoms with Crippen LogP contribution in [0.25, 0.3) is 16.6 Å². The van der Waals surface area contributed by atoms with Crippen molar-refractivity contribution in [3.05, 3.63) is 59.3 Å². The van der Waals surface area contributed by atoms with Gasteiger partial charge in [-0.05, 0) is 99.1 Å². The van der Waals surface area contributed by atoms with E-state index >= 15 is 0 Å². The third kappa shape index (κ3) is 6.20. The molecule has 2 aromatic heterocycles. The third-order valence-corrected chi connectivity index (χ3v) is 10.5. The molecule has 8 heteroatoms. The van der Waals surface area contributed by atoms with Crippen LogP contribution in [0.2, 0.25) is 0 Å². The van der Waals surface area contributed by atoms with E-state index in [1.54, 1.807) is 6.07 Å². The maximum absolute atomic E-state index is 14.6. The van der Waals surface area contributed by atoms with Gasteiger partial charge in [-0.3, -0.25) is 14.6 Å². The maximum atomic E-state index is 14.6. The Morgan fingerprint density at radius 2 is 1.82 bits per heavy atom. The summed E-state index contributed by atoms with van der Waals surface area (Å²) in [5.74, 6) is 0.706. The largest absolute Gasteiger partial charge is 0.393 e. The number of piperidine rings is 1. The standard InChI is InChI=1S/C36H47FN4O3/c1-22(2)36(44)40-11-8-25(9-12-40)19-39-10-7-26(20-39)14-27-21-41(33-18-38-17-24(4)34(27)33)32-6-5-28(37)15-31(32)35(43)30-16-29(42)13-23(30)3/h5-6,15,17-18,21-23,25-26,29-30,42H,7-14,16,19-20H2,1-4H3/t23-,26+,29-,30?/m1/s1. The number of benzene rings is 1. The van der Waals surface area contributed by atoms with Crippen LogP contribution in [0, 0.1) is 42.3 Å². The Morgan fingerprint density at radius 1 is 1.07 bits per heavy atom. The molecule has 2 aliphatic heterocycles. The Balaban J connectivity index is 1.20. The number of ketones is 1. The highest BCUT2D eigenvalue weighted by atomic mass is 19.1. The predicted octanol–water partition coefficient (Wildman–Crippen LogP) is 5.82. The Hall–Kier alpha value is -3.10. The molecular formula is C36H47FN4O3. The number of pyridine rings is 1. The lowest BCUT2D eigenvalue weighted by atomic mass is 9.89. The van der Waals surface area contributed by atoms with Crippen molar-refractivity contribution in [1.29, 1.82) is 0 Å². The average molecular weight is 603 g/mol. The van der Waals surface area contributed by atoms with Gasteiger partial charge in [-0.15, -0.1) is 0 Å². The van der Waals surface area contributed by atoms with Gasteiger partial charge in [0, 0.05) is 61.4 Å². The molecule has 3 aliphatic rings. The first-order valence-corrected chi connectivity index (χ1v) is 16.6. The lowest BCUT2D eigenvalue weighted by Gasteiger charge is -2.34. The highest BCUT2D eigenvalue weighted by molar-refractivity contribution is 6.02. The normalized spacial score (nSPS) is 25.0. The number of fused-ring (bicyclic) bond motifs is 1. The molecule has 1 saturated carbocycles. The molecule has 1 N–H and O–H groups in total. The van der Waals surface area contributed by atoms with Gasteiger partial charge in [0.15, 0.2) is 5.78 Å². The molecule has 0 bridgehead atoms. The van der Waals surface area contributed by atoms with E-state index < -0.39 is 11.9 Å². The van der Waals surface area contributed by atoms with Gasteiger partial charge < -0.3 is 19.5 Å². The van der Waals surface area contributed by atoms with Gasteiger partial charge in [0.05, 0.1) is 23.5 Å². The van der Waals surface area contributed by atoms with Gasteiger partial charge >= 0.3 is 0 Å². The first kappa shape index (κ1) is 30.9. The summed E-state index contributed by atoms with van der Waals surface area (Å²) in [5, 5.41) is 11.4. The minimum atomic E-state index is -0.491. The summed E-state index contributed by atoms with van der Waals surface area (Å²) < 4.78 is 16.6. The summed E-state index contributed by atoms with van der Waals surface area (Å²) in [4.78, 5) is 35.3. The summed E-state index contributed by atoms with van der Waals surface area (Å²) in [6, 6.07) is 4.50. The van der Waals surface area contributed by atoms with E-state index in [-0.39, 0.29) is 29.4 Å². The topological polar surface area (TPSA) is 78.7 Å². The number of rotatable bonds is 8. The number of aryl methyl sites for hydroxylation is 1. The quantitative estimate of drug-likeness (QED) is 0.329. The van der Waals surface area contributed by atoms with E-state index in [1.807, 2.05) is 42.6 Å². The fraction of sp³-hybridized carbons (Fsp3) is 0.583. The number of hydrogen-bond acceptors (Lipinski definition) is 5. The first-order valence-electron chi connectivity index (χ1n) is 16.6. The van der Waals surface area contributed by atoms with Gasteiger partial charge in [0.25, 0.3) is 0 Å². The van der Waals surface area contributed by atoms with Crippen LogP contribution in [0.1, 0.15) is 74.4 Å². The van der Waals surface area contributed by atoms with Gasteiger partial charge in [-0.2, -0.15) is 0 Å². The second kappa shape index (κ2) is 12.7. The van der Waals surface area contributed by atoms with Crippen LogP contribution in [-0.4, -0.2) is 75.0 Å². The Labute approximate surface area is 260 Å². The summed E-state index contributed by atoms with van der Waals surface area (Å²) in [5.41, 5.74) is 4.30. The number of aliphatic hydroxyl groups is 1. The van der Waals surface area contributed by atoms with Crippen molar-refractivity contribution in [2.75, 3.05) is 32.7 Å². The lowest BCUT2D eigenvalue weighted by molar-refractivity contribution is -0.135. The van der Waals surface area contributed by atoms with Crippen LogP contribution in [0.4, 0.5) is 4.39 Å². The summed E-state index contributed by atoms with van der Waals surface area (Å²) >= 11 is 0. The van der Waals surface area contributed by atoms with E-state index in [0.29, 0.717) is 35.9 Å². The Morgan fingerprint density at radius 3 is 2.52 bits per heavy atom. The summed E-state index contributed by atoms with van der Waals surface area (Å²) in [6.07, 6.45) is 10.6. The van der Waals surface area contributed by atoms with Gasteiger partial charge in [-0.1, -0.05) is 20.8 Å². The number of aliphatic hydroxyl groups excluding tert-OH is 1. The number of nitrogens with zero attached hydrogens (tertiary/aromatic N) is 4. The van der Waals surface area contributed by atoms with Crippen LogP contribution >= 0.6 is 0 Å². The molecule has 1 aromatic carbocycles. The monoisotopic (exact) mass is 602 g/mol. The second-order valence-electron chi connectivity index (χ2n) is 14.2. The molecule has 0 radical (unpaired) electrons. The molecule has 4 heterocycles.